The zero-order valence-electron chi connectivity index (χ0n) is 19.3. The average molecular weight is 511 g/mol. The molecule has 0 saturated heterocycles. The van der Waals surface area contributed by atoms with Gasteiger partial charge in [-0.1, -0.05) is 41.9 Å². The van der Waals surface area contributed by atoms with Crippen molar-refractivity contribution >= 4 is 11.6 Å². The van der Waals surface area contributed by atoms with Crippen LogP contribution in [0, 0.1) is 5.82 Å². The smallest absolute Gasteiger partial charge is 0.389 e. The number of pyridine rings is 1. The second-order valence-electron chi connectivity index (χ2n) is 8.57. The molecule has 3 rings (SSSR count). The van der Waals surface area contributed by atoms with Gasteiger partial charge in [0.05, 0.1) is 40.6 Å². The van der Waals surface area contributed by atoms with Crippen LogP contribution in [0.2, 0.25) is 5.02 Å². The van der Waals surface area contributed by atoms with E-state index in [0.29, 0.717) is 16.8 Å². The molecule has 1 aromatic heterocycles. The van der Waals surface area contributed by atoms with E-state index in [1.165, 1.54) is 6.20 Å². The lowest BCUT2D eigenvalue weighted by Gasteiger charge is -2.37. The first kappa shape index (κ1) is 27.1. The van der Waals surface area contributed by atoms with Crippen LogP contribution in [0.3, 0.4) is 0 Å². The number of aliphatic hydroxyl groups is 1. The average Bonchev–Trinajstić information content (AvgIpc) is 2.80. The highest BCUT2D eigenvalue weighted by molar-refractivity contribution is 6.30. The number of ether oxygens (including phenoxy) is 1. The van der Waals surface area contributed by atoms with E-state index in [4.69, 9.17) is 16.3 Å². The number of hydrogen-bond donors (Lipinski definition) is 2. The molecule has 0 aliphatic carbocycles. The van der Waals surface area contributed by atoms with Crippen LogP contribution >= 0.6 is 11.6 Å². The molecule has 4 nitrogen and oxygen atoms in total. The number of benzene rings is 2. The number of alkyl halides is 3. The minimum Gasteiger partial charge on any atom is -0.389 e. The Morgan fingerprint density at radius 2 is 1.71 bits per heavy atom. The first-order valence-corrected chi connectivity index (χ1v) is 11.5. The van der Waals surface area contributed by atoms with Gasteiger partial charge in [0.15, 0.2) is 0 Å². The third-order valence-electron chi connectivity index (χ3n) is 5.46. The van der Waals surface area contributed by atoms with Crippen LogP contribution in [-0.2, 0) is 22.9 Å². The number of aliphatic hydroxyl groups excluding tert-OH is 1. The van der Waals surface area contributed by atoms with Gasteiger partial charge in [0.25, 0.3) is 0 Å². The molecular weight excluding hydrogens is 484 g/mol. The summed E-state index contributed by atoms with van der Waals surface area (Å²) in [7, 11) is 0. The van der Waals surface area contributed by atoms with Crippen LogP contribution in [0.4, 0.5) is 17.6 Å². The van der Waals surface area contributed by atoms with Gasteiger partial charge in [-0.15, -0.1) is 0 Å². The Morgan fingerprint density at radius 1 is 1.03 bits per heavy atom. The summed E-state index contributed by atoms with van der Waals surface area (Å²) in [4.78, 5) is 4.39. The van der Waals surface area contributed by atoms with Gasteiger partial charge in [0.2, 0.25) is 0 Å². The number of nitrogens with one attached hydrogen (secondary N) is 1. The molecule has 2 N–H and O–H groups in total. The number of halogens is 5. The van der Waals surface area contributed by atoms with E-state index in [1.54, 1.807) is 24.3 Å². The monoisotopic (exact) mass is 510 g/mol. The highest BCUT2D eigenvalue weighted by Gasteiger charge is 2.39. The van der Waals surface area contributed by atoms with Crippen molar-refractivity contribution in [2.45, 2.75) is 44.2 Å². The summed E-state index contributed by atoms with van der Waals surface area (Å²) < 4.78 is 60.9. The van der Waals surface area contributed by atoms with Crippen LogP contribution in [0.1, 0.15) is 36.2 Å². The Balaban J connectivity index is 2.17. The second-order valence-corrected chi connectivity index (χ2v) is 9.01. The van der Waals surface area contributed by atoms with Crippen molar-refractivity contribution in [1.82, 2.24) is 10.3 Å². The summed E-state index contributed by atoms with van der Waals surface area (Å²) in [6.45, 7) is 3.60. The Labute approximate surface area is 206 Å². The summed E-state index contributed by atoms with van der Waals surface area (Å²) in [5.41, 5.74) is -1.44. The van der Waals surface area contributed by atoms with E-state index in [9.17, 15) is 22.7 Å². The van der Waals surface area contributed by atoms with Crippen LogP contribution < -0.4 is 5.32 Å². The van der Waals surface area contributed by atoms with Crippen molar-refractivity contribution in [2.24, 2.45) is 0 Å². The quantitative estimate of drug-likeness (QED) is 0.341. The molecule has 35 heavy (non-hydrogen) atoms. The van der Waals surface area contributed by atoms with Gasteiger partial charge in [-0.25, -0.2) is 4.39 Å². The minimum absolute atomic E-state index is 0.0110. The van der Waals surface area contributed by atoms with Crippen molar-refractivity contribution in [3.63, 3.8) is 0 Å². The highest BCUT2D eigenvalue weighted by Crippen LogP contribution is 2.37. The zero-order chi connectivity index (χ0) is 25.6. The van der Waals surface area contributed by atoms with Crippen molar-refractivity contribution in [3.8, 4) is 0 Å². The van der Waals surface area contributed by atoms with E-state index < -0.39 is 29.2 Å². The molecule has 0 aliphatic heterocycles. The molecule has 0 amide bonds. The molecule has 2 atom stereocenters. The summed E-state index contributed by atoms with van der Waals surface area (Å²) in [5, 5.41) is 14.1. The van der Waals surface area contributed by atoms with Gasteiger partial charge in [0.1, 0.15) is 5.82 Å². The van der Waals surface area contributed by atoms with Crippen LogP contribution in [0.15, 0.2) is 66.9 Å². The van der Waals surface area contributed by atoms with Gasteiger partial charge < -0.3 is 9.84 Å². The Bertz CT molecular complexity index is 1090. The maximum absolute atomic E-state index is 14.6. The molecule has 3 aromatic rings. The standard InChI is InChI=1S/C26H27ClF4N2O2/c1-17(2)35-16-23(34)15-33-25(13-18-6-4-3-5-7-18,24-9-8-21(27)14-32-24)19-10-20(26(29,30)31)12-22(28)11-19/h3-12,14,17,23,33-34H,13,15-16H2,1-2H3. The van der Waals surface area contributed by atoms with E-state index >= 15 is 0 Å². The third kappa shape index (κ3) is 7.24. The normalized spacial score (nSPS) is 14.7. The van der Waals surface area contributed by atoms with Crippen molar-refractivity contribution in [1.29, 1.82) is 0 Å². The summed E-state index contributed by atoms with van der Waals surface area (Å²) in [6.07, 6.45) is -4.35. The first-order chi connectivity index (χ1) is 16.5. The highest BCUT2D eigenvalue weighted by atomic mass is 35.5. The number of aromatic nitrogens is 1. The van der Waals surface area contributed by atoms with Gasteiger partial charge >= 0.3 is 6.18 Å². The van der Waals surface area contributed by atoms with Crippen LogP contribution in [0.5, 0.6) is 0 Å². The molecule has 2 aromatic carbocycles. The molecule has 0 bridgehead atoms. The third-order valence-corrected chi connectivity index (χ3v) is 5.68. The summed E-state index contributed by atoms with van der Waals surface area (Å²) >= 11 is 6.03. The van der Waals surface area contributed by atoms with E-state index in [0.717, 1.165) is 17.7 Å². The maximum Gasteiger partial charge on any atom is 0.416 e. The fraction of sp³-hybridized carbons (Fsp3) is 0.346. The molecule has 1 heterocycles. The van der Waals surface area contributed by atoms with Crippen LogP contribution in [-0.4, -0.2) is 35.5 Å². The molecule has 2 unspecified atom stereocenters. The molecular formula is C26H27ClF4N2O2. The SMILES string of the molecule is CC(C)OCC(O)CNC(Cc1ccccc1)(c1cc(F)cc(C(F)(F)F)c1)c1ccc(Cl)cn1. The van der Waals surface area contributed by atoms with E-state index in [1.807, 2.05) is 32.0 Å². The van der Waals surface area contributed by atoms with Crippen molar-refractivity contribution in [2.75, 3.05) is 13.2 Å². The van der Waals surface area contributed by atoms with E-state index in [2.05, 4.69) is 10.3 Å². The number of nitrogens with zero attached hydrogens (tertiary/aromatic N) is 1. The summed E-state index contributed by atoms with van der Waals surface area (Å²) in [5.74, 6) is -1.04. The van der Waals surface area contributed by atoms with Gasteiger partial charge in [-0.2, -0.15) is 13.2 Å². The zero-order valence-corrected chi connectivity index (χ0v) is 20.1. The second kappa shape index (κ2) is 11.5. The first-order valence-electron chi connectivity index (χ1n) is 11.1. The number of rotatable bonds is 10. The minimum atomic E-state index is -4.76. The summed E-state index contributed by atoms with van der Waals surface area (Å²) in [6, 6.07) is 14.6. The van der Waals surface area contributed by atoms with Gasteiger partial charge in [0, 0.05) is 19.2 Å². The van der Waals surface area contributed by atoms with Crippen LogP contribution in [0.25, 0.3) is 0 Å². The fourth-order valence-corrected chi connectivity index (χ4v) is 3.89. The molecule has 0 spiro atoms. The molecule has 0 saturated carbocycles. The lowest BCUT2D eigenvalue weighted by Crippen LogP contribution is -2.49. The molecule has 188 valence electrons. The predicted molar refractivity (Wildman–Crippen MR) is 127 cm³/mol. The van der Waals surface area contributed by atoms with E-state index in [-0.39, 0.29) is 31.2 Å². The van der Waals surface area contributed by atoms with Crippen molar-refractivity contribution < 1.29 is 27.4 Å². The predicted octanol–water partition coefficient (Wildman–Crippen LogP) is 5.75. The maximum atomic E-state index is 14.6. The Morgan fingerprint density at radius 3 is 2.31 bits per heavy atom. The Hall–Kier alpha value is -2.52. The van der Waals surface area contributed by atoms with Crippen molar-refractivity contribution in [3.05, 3.63) is 100 Å². The topological polar surface area (TPSA) is 54.4 Å². The fourth-order valence-electron chi connectivity index (χ4n) is 3.78. The Kier molecular flexibility index (Phi) is 8.88. The molecule has 0 aliphatic rings. The number of hydrogen-bond acceptors (Lipinski definition) is 4. The van der Waals surface area contributed by atoms with Gasteiger partial charge in [-0.3, -0.25) is 10.3 Å². The molecule has 9 heteroatoms. The molecule has 0 radical (unpaired) electrons. The largest absolute Gasteiger partial charge is 0.416 e. The van der Waals surface area contributed by atoms with Gasteiger partial charge in [-0.05, 0) is 55.3 Å². The molecule has 0 fully saturated rings. The lowest BCUT2D eigenvalue weighted by molar-refractivity contribution is -0.137. The lowest BCUT2D eigenvalue weighted by atomic mass is 9.79.